The van der Waals surface area contributed by atoms with E-state index >= 15 is 0 Å². The number of rotatable bonds is 9. The largest absolute Gasteiger partial charge is 0.0654 e. The van der Waals surface area contributed by atoms with E-state index in [0.29, 0.717) is 0 Å². The Balaban J connectivity index is 1.11. The smallest absolute Gasteiger partial charge is 0.0386 e. The molecule has 0 spiro atoms. The minimum absolute atomic E-state index is 1.08. The maximum absolute atomic E-state index is 2.38. The van der Waals surface area contributed by atoms with Crippen LogP contribution in [0.1, 0.15) is 155 Å². The van der Waals surface area contributed by atoms with Gasteiger partial charge >= 0.3 is 0 Å². The van der Waals surface area contributed by atoms with E-state index in [0.717, 1.165) is 47.3 Å². The fraction of sp³-hybridized carbons (Fsp3) is 1.00. The molecule has 0 radical (unpaired) electrons. The maximum Gasteiger partial charge on any atom is -0.0386 e. The average Bonchev–Trinajstić information content (AvgIpc) is 2.86. The van der Waals surface area contributed by atoms with E-state index in [-0.39, 0.29) is 0 Å². The Hall–Kier alpha value is 0. The molecule has 0 aromatic rings. The van der Waals surface area contributed by atoms with E-state index in [4.69, 9.17) is 0 Å². The predicted molar refractivity (Wildman–Crippen MR) is 141 cm³/mol. The summed E-state index contributed by atoms with van der Waals surface area (Å²) in [6.07, 6.45) is 34.1. The van der Waals surface area contributed by atoms with Gasteiger partial charge in [-0.05, 0) is 124 Å². The van der Waals surface area contributed by atoms with Crippen LogP contribution in [-0.2, 0) is 0 Å². The molecule has 4 aliphatic rings. The molecule has 4 rings (SSSR count). The van der Waals surface area contributed by atoms with Crippen LogP contribution in [0, 0.1) is 47.3 Å². The molecular formula is C32H58. The van der Waals surface area contributed by atoms with Crippen LogP contribution in [0.25, 0.3) is 0 Å². The first-order valence-corrected chi connectivity index (χ1v) is 15.8. The first-order chi connectivity index (χ1) is 15.8. The lowest BCUT2D eigenvalue weighted by atomic mass is 9.63. The molecule has 0 heterocycles. The summed E-state index contributed by atoms with van der Waals surface area (Å²) in [6.45, 7) is 4.72. The van der Waals surface area contributed by atoms with E-state index in [2.05, 4.69) is 13.8 Å². The molecule has 0 unspecified atom stereocenters. The monoisotopic (exact) mass is 442 g/mol. The summed E-state index contributed by atoms with van der Waals surface area (Å²) in [5.74, 6) is 8.82. The molecule has 4 fully saturated rings. The first kappa shape index (κ1) is 25.1. The minimum atomic E-state index is 1.08. The van der Waals surface area contributed by atoms with Crippen LogP contribution in [0.4, 0.5) is 0 Å². The summed E-state index contributed by atoms with van der Waals surface area (Å²) in [4.78, 5) is 0. The van der Waals surface area contributed by atoms with Crippen LogP contribution in [0.15, 0.2) is 0 Å². The zero-order chi connectivity index (χ0) is 22.2. The molecule has 4 saturated carbocycles. The molecular weight excluding hydrogens is 384 g/mol. The Morgan fingerprint density at radius 1 is 0.344 bits per heavy atom. The second-order valence-electron chi connectivity index (χ2n) is 13.2. The van der Waals surface area contributed by atoms with Gasteiger partial charge in [0.25, 0.3) is 0 Å². The van der Waals surface area contributed by atoms with Crippen LogP contribution in [0.2, 0.25) is 0 Å². The van der Waals surface area contributed by atoms with Crippen molar-refractivity contribution in [3.8, 4) is 0 Å². The standard InChI is InChI=1S/C32H58/c1-3-5-6-8-26-11-15-28(16-12-26)30-19-23-32(24-20-30)31-21-17-29(18-22-31)27-13-9-25(7-4-2)10-14-27/h25-32H,3-24H2,1-2H3/t25-,26-,27-,28-,29-,30-,31-,32-. The van der Waals surface area contributed by atoms with Crippen LogP contribution in [0.3, 0.4) is 0 Å². The third-order valence-electron chi connectivity index (χ3n) is 11.3. The van der Waals surface area contributed by atoms with Gasteiger partial charge in [0.1, 0.15) is 0 Å². The van der Waals surface area contributed by atoms with E-state index in [1.165, 1.54) is 38.5 Å². The minimum Gasteiger partial charge on any atom is -0.0654 e. The zero-order valence-corrected chi connectivity index (χ0v) is 22.2. The molecule has 0 aliphatic heterocycles. The van der Waals surface area contributed by atoms with Crippen molar-refractivity contribution in [2.24, 2.45) is 47.3 Å². The summed E-state index contributed by atoms with van der Waals surface area (Å²) in [5, 5.41) is 0. The van der Waals surface area contributed by atoms with Crippen molar-refractivity contribution < 1.29 is 0 Å². The van der Waals surface area contributed by atoms with Gasteiger partial charge in [0.15, 0.2) is 0 Å². The highest BCUT2D eigenvalue weighted by atomic mass is 14.4. The predicted octanol–water partition coefficient (Wildman–Crippen LogP) is 10.6. The lowest BCUT2D eigenvalue weighted by molar-refractivity contribution is 0.0848. The Labute approximate surface area is 202 Å². The lowest BCUT2D eigenvalue weighted by Crippen LogP contribution is -2.31. The summed E-state index contributed by atoms with van der Waals surface area (Å²) in [5.41, 5.74) is 0. The molecule has 0 heteroatoms. The third-order valence-corrected chi connectivity index (χ3v) is 11.3. The van der Waals surface area contributed by atoms with Crippen molar-refractivity contribution in [3.63, 3.8) is 0 Å². The maximum atomic E-state index is 2.38. The average molecular weight is 443 g/mol. The van der Waals surface area contributed by atoms with Crippen LogP contribution in [-0.4, -0.2) is 0 Å². The van der Waals surface area contributed by atoms with Gasteiger partial charge in [-0.1, -0.05) is 78.1 Å². The van der Waals surface area contributed by atoms with Gasteiger partial charge in [0.05, 0.1) is 0 Å². The van der Waals surface area contributed by atoms with Crippen molar-refractivity contribution in [2.75, 3.05) is 0 Å². The zero-order valence-electron chi connectivity index (χ0n) is 22.2. The van der Waals surface area contributed by atoms with Crippen molar-refractivity contribution in [2.45, 2.75) is 155 Å². The highest BCUT2D eigenvalue weighted by Gasteiger charge is 2.36. The van der Waals surface area contributed by atoms with Crippen molar-refractivity contribution in [1.29, 1.82) is 0 Å². The van der Waals surface area contributed by atoms with Gasteiger partial charge < -0.3 is 0 Å². The third kappa shape index (κ3) is 7.01. The topological polar surface area (TPSA) is 0 Å². The molecule has 0 N–H and O–H groups in total. The summed E-state index contributed by atoms with van der Waals surface area (Å²) in [6, 6.07) is 0. The second-order valence-corrected chi connectivity index (χ2v) is 13.2. The molecule has 4 aliphatic carbocycles. The van der Waals surface area contributed by atoms with Crippen LogP contribution < -0.4 is 0 Å². The fourth-order valence-corrected chi connectivity index (χ4v) is 9.16. The van der Waals surface area contributed by atoms with Crippen molar-refractivity contribution in [1.82, 2.24) is 0 Å². The summed E-state index contributed by atoms with van der Waals surface area (Å²) >= 11 is 0. The van der Waals surface area contributed by atoms with E-state index < -0.39 is 0 Å². The second kappa shape index (κ2) is 13.2. The Bertz CT molecular complexity index is 476. The van der Waals surface area contributed by atoms with Gasteiger partial charge in [-0.15, -0.1) is 0 Å². The molecule has 0 saturated heterocycles. The Morgan fingerprint density at radius 3 is 0.969 bits per heavy atom. The normalized spacial score (nSPS) is 41.4. The van der Waals surface area contributed by atoms with Gasteiger partial charge in [0.2, 0.25) is 0 Å². The Kier molecular flexibility index (Phi) is 10.3. The highest BCUT2D eigenvalue weighted by Crippen LogP contribution is 2.48. The molecule has 186 valence electrons. The van der Waals surface area contributed by atoms with Gasteiger partial charge in [0, 0.05) is 0 Å². The number of hydrogen-bond donors (Lipinski definition) is 0. The quantitative estimate of drug-likeness (QED) is 0.311. The molecule has 0 atom stereocenters. The molecule has 0 aromatic carbocycles. The molecule has 32 heavy (non-hydrogen) atoms. The number of hydrogen-bond acceptors (Lipinski definition) is 0. The lowest BCUT2D eigenvalue weighted by Gasteiger charge is -2.43. The Morgan fingerprint density at radius 2 is 0.656 bits per heavy atom. The molecule has 0 bridgehead atoms. The van der Waals surface area contributed by atoms with Crippen molar-refractivity contribution in [3.05, 3.63) is 0 Å². The highest BCUT2D eigenvalue weighted by molar-refractivity contribution is 4.88. The van der Waals surface area contributed by atoms with Crippen molar-refractivity contribution >= 4 is 0 Å². The number of unbranched alkanes of at least 4 members (excludes halogenated alkanes) is 2. The molecule has 0 aromatic heterocycles. The van der Waals surface area contributed by atoms with E-state index in [1.807, 2.05) is 0 Å². The molecule has 0 nitrogen and oxygen atoms in total. The van der Waals surface area contributed by atoms with Gasteiger partial charge in [-0.3, -0.25) is 0 Å². The molecule has 0 amide bonds. The van der Waals surface area contributed by atoms with E-state index in [1.54, 1.807) is 103 Å². The van der Waals surface area contributed by atoms with Crippen LogP contribution in [0.5, 0.6) is 0 Å². The van der Waals surface area contributed by atoms with Crippen LogP contribution >= 0.6 is 0 Å². The van der Waals surface area contributed by atoms with E-state index in [9.17, 15) is 0 Å². The van der Waals surface area contributed by atoms with Gasteiger partial charge in [-0.25, -0.2) is 0 Å². The van der Waals surface area contributed by atoms with Gasteiger partial charge in [-0.2, -0.15) is 0 Å². The summed E-state index contributed by atoms with van der Waals surface area (Å²) in [7, 11) is 0. The SMILES string of the molecule is CCCCC[C@H]1CC[C@H]([C@H]2CC[C@H]([C@H]3CC[C@H]([C@H]4CC[C@H](CCC)CC4)CC3)CC2)CC1. The summed E-state index contributed by atoms with van der Waals surface area (Å²) < 4.78 is 0. The first-order valence-electron chi connectivity index (χ1n) is 15.8. The fourth-order valence-electron chi connectivity index (χ4n) is 9.16.